The highest BCUT2D eigenvalue weighted by Gasteiger charge is 2.18. The molecular weight excluding hydrogens is 230 g/mol. The van der Waals surface area contributed by atoms with E-state index in [1.165, 1.54) is 35.1 Å². The van der Waals surface area contributed by atoms with Crippen molar-refractivity contribution < 1.29 is 0 Å². The molecule has 2 heterocycles. The first-order valence-corrected chi connectivity index (χ1v) is 7.02. The van der Waals surface area contributed by atoms with Crippen LogP contribution < -0.4 is 5.32 Å². The molecule has 2 aromatic heterocycles. The standard InChI is InChI=1S/C13H17N3S/c1-8-9(2)17-13-11(8)12(15-7-16-13)14-6-10-4-3-5-10/h7,10H,3-6H2,1-2H3,(H,14,15,16). The third kappa shape index (κ3) is 1.90. The van der Waals surface area contributed by atoms with Crippen molar-refractivity contribution in [1.82, 2.24) is 9.97 Å². The molecule has 4 heteroatoms. The van der Waals surface area contributed by atoms with Crippen LogP contribution in [0.2, 0.25) is 0 Å². The summed E-state index contributed by atoms with van der Waals surface area (Å²) < 4.78 is 0. The van der Waals surface area contributed by atoms with E-state index in [9.17, 15) is 0 Å². The Bertz CT molecular complexity index is 543. The van der Waals surface area contributed by atoms with Crippen LogP contribution in [0.1, 0.15) is 29.7 Å². The predicted molar refractivity (Wildman–Crippen MR) is 72.7 cm³/mol. The minimum absolute atomic E-state index is 0.847. The Balaban J connectivity index is 1.91. The number of hydrogen-bond donors (Lipinski definition) is 1. The first kappa shape index (κ1) is 11.0. The Labute approximate surface area is 105 Å². The second kappa shape index (κ2) is 4.26. The molecule has 17 heavy (non-hydrogen) atoms. The largest absolute Gasteiger partial charge is 0.369 e. The summed E-state index contributed by atoms with van der Waals surface area (Å²) in [7, 11) is 0. The zero-order valence-corrected chi connectivity index (χ0v) is 11.1. The zero-order chi connectivity index (χ0) is 11.8. The molecule has 0 unspecified atom stereocenters. The molecule has 3 nitrogen and oxygen atoms in total. The fourth-order valence-corrected chi connectivity index (χ4v) is 3.25. The summed E-state index contributed by atoms with van der Waals surface area (Å²) in [5.74, 6) is 1.86. The van der Waals surface area contributed by atoms with Gasteiger partial charge in [0, 0.05) is 11.4 Å². The fourth-order valence-electron chi connectivity index (χ4n) is 2.25. The molecule has 1 aliphatic rings. The quantitative estimate of drug-likeness (QED) is 0.901. The van der Waals surface area contributed by atoms with E-state index in [1.54, 1.807) is 17.7 Å². The van der Waals surface area contributed by atoms with E-state index in [4.69, 9.17) is 0 Å². The van der Waals surface area contributed by atoms with Crippen LogP contribution in [0, 0.1) is 19.8 Å². The molecule has 1 saturated carbocycles. The number of anilines is 1. The van der Waals surface area contributed by atoms with E-state index < -0.39 is 0 Å². The van der Waals surface area contributed by atoms with Crippen molar-refractivity contribution in [3.63, 3.8) is 0 Å². The maximum atomic E-state index is 4.40. The maximum Gasteiger partial charge on any atom is 0.138 e. The predicted octanol–water partition coefficient (Wildman–Crippen LogP) is 3.52. The van der Waals surface area contributed by atoms with Crippen molar-refractivity contribution in [2.45, 2.75) is 33.1 Å². The summed E-state index contributed by atoms with van der Waals surface area (Å²) in [4.78, 5) is 11.2. The molecule has 1 fully saturated rings. The van der Waals surface area contributed by atoms with Crippen LogP contribution in [0.15, 0.2) is 6.33 Å². The van der Waals surface area contributed by atoms with Crippen molar-refractivity contribution in [2.75, 3.05) is 11.9 Å². The Morgan fingerprint density at radius 2 is 2.18 bits per heavy atom. The first-order chi connectivity index (χ1) is 8.25. The molecule has 0 atom stereocenters. The van der Waals surface area contributed by atoms with Gasteiger partial charge < -0.3 is 5.32 Å². The average molecular weight is 247 g/mol. The van der Waals surface area contributed by atoms with E-state index in [-0.39, 0.29) is 0 Å². The van der Waals surface area contributed by atoms with E-state index in [0.717, 1.165) is 23.1 Å². The molecule has 1 N–H and O–H groups in total. The van der Waals surface area contributed by atoms with Gasteiger partial charge in [0.15, 0.2) is 0 Å². The van der Waals surface area contributed by atoms with Crippen LogP contribution in [0.4, 0.5) is 5.82 Å². The van der Waals surface area contributed by atoms with Crippen LogP contribution in [0.25, 0.3) is 10.2 Å². The summed E-state index contributed by atoms with van der Waals surface area (Å²) >= 11 is 1.76. The van der Waals surface area contributed by atoms with Crippen LogP contribution in [-0.2, 0) is 0 Å². The van der Waals surface area contributed by atoms with Gasteiger partial charge in [0.2, 0.25) is 0 Å². The monoisotopic (exact) mass is 247 g/mol. The fraction of sp³-hybridized carbons (Fsp3) is 0.538. The number of fused-ring (bicyclic) bond motifs is 1. The molecule has 3 rings (SSSR count). The van der Waals surface area contributed by atoms with Gasteiger partial charge in [-0.3, -0.25) is 0 Å². The van der Waals surface area contributed by atoms with E-state index >= 15 is 0 Å². The molecule has 0 aromatic carbocycles. The summed E-state index contributed by atoms with van der Waals surface area (Å²) in [6, 6.07) is 0. The van der Waals surface area contributed by atoms with Crippen molar-refractivity contribution >= 4 is 27.4 Å². The summed E-state index contributed by atoms with van der Waals surface area (Å²) in [6.07, 6.45) is 5.79. The molecule has 2 aromatic rings. The van der Waals surface area contributed by atoms with Crippen molar-refractivity contribution in [2.24, 2.45) is 5.92 Å². The van der Waals surface area contributed by atoms with Gasteiger partial charge in [-0.15, -0.1) is 11.3 Å². The van der Waals surface area contributed by atoms with Crippen LogP contribution in [-0.4, -0.2) is 16.5 Å². The summed E-state index contributed by atoms with van der Waals surface area (Å²) in [5, 5.41) is 4.72. The lowest BCUT2D eigenvalue weighted by atomic mass is 9.85. The molecule has 0 radical (unpaired) electrons. The second-order valence-electron chi connectivity index (χ2n) is 4.86. The third-order valence-electron chi connectivity index (χ3n) is 3.75. The van der Waals surface area contributed by atoms with Gasteiger partial charge >= 0.3 is 0 Å². The molecule has 0 saturated heterocycles. The third-order valence-corrected chi connectivity index (χ3v) is 4.86. The van der Waals surface area contributed by atoms with Gasteiger partial charge in [-0.25, -0.2) is 9.97 Å². The van der Waals surface area contributed by atoms with Gasteiger partial charge in [-0.05, 0) is 38.2 Å². The Hall–Kier alpha value is -1.16. The van der Waals surface area contributed by atoms with Crippen LogP contribution in [0.3, 0.4) is 0 Å². The number of nitrogens with one attached hydrogen (secondary N) is 1. The van der Waals surface area contributed by atoms with Gasteiger partial charge in [-0.2, -0.15) is 0 Å². The molecule has 0 aliphatic heterocycles. The maximum absolute atomic E-state index is 4.40. The minimum Gasteiger partial charge on any atom is -0.369 e. The molecule has 0 bridgehead atoms. The Kier molecular flexibility index (Phi) is 2.74. The summed E-state index contributed by atoms with van der Waals surface area (Å²) in [6.45, 7) is 5.36. The molecule has 0 spiro atoms. The highest BCUT2D eigenvalue weighted by molar-refractivity contribution is 7.18. The van der Waals surface area contributed by atoms with E-state index in [0.29, 0.717) is 0 Å². The molecular formula is C13H17N3S. The lowest BCUT2D eigenvalue weighted by Gasteiger charge is -2.25. The Morgan fingerprint density at radius 3 is 2.88 bits per heavy atom. The van der Waals surface area contributed by atoms with Gasteiger partial charge in [0.25, 0.3) is 0 Å². The highest BCUT2D eigenvalue weighted by Crippen LogP contribution is 2.33. The first-order valence-electron chi connectivity index (χ1n) is 6.20. The number of rotatable bonds is 3. The smallest absolute Gasteiger partial charge is 0.138 e. The van der Waals surface area contributed by atoms with E-state index in [1.807, 2.05) is 0 Å². The van der Waals surface area contributed by atoms with Crippen molar-refractivity contribution in [1.29, 1.82) is 0 Å². The van der Waals surface area contributed by atoms with Gasteiger partial charge in [0.1, 0.15) is 17.0 Å². The van der Waals surface area contributed by atoms with Gasteiger partial charge in [0.05, 0.1) is 5.39 Å². The molecule has 1 aliphatic carbocycles. The lowest BCUT2D eigenvalue weighted by molar-refractivity contribution is 0.333. The van der Waals surface area contributed by atoms with Gasteiger partial charge in [-0.1, -0.05) is 6.42 Å². The second-order valence-corrected chi connectivity index (χ2v) is 6.07. The number of hydrogen-bond acceptors (Lipinski definition) is 4. The number of aromatic nitrogens is 2. The highest BCUT2D eigenvalue weighted by atomic mass is 32.1. The van der Waals surface area contributed by atoms with Crippen molar-refractivity contribution in [3.05, 3.63) is 16.8 Å². The average Bonchev–Trinajstić information content (AvgIpc) is 2.54. The van der Waals surface area contributed by atoms with Crippen molar-refractivity contribution in [3.8, 4) is 0 Å². The van der Waals surface area contributed by atoms with Crippen LogP contribution in [0.5, 0.6) is 0 Å². The Morgan fingerprint density at radius 1 is 1.35 bits per heavy atom. The minimum atomic E-state index is 0.847. The van der Waals surface area contributed by atoms with E-state index in [2.05, 4.69) is 29.1 Å². The molecule has 0 amide bonds. The number of thiophene rings is 1. The molecule has 90 valence electrons. The number of aryl methyl sites for hydroxylation is 2. The zero-order valence-electron chi connectivity index (χ0n) is 10.3. The van der Waals surface area contributed by atoms with Crippen LogP contribution >= 0.6 is 11.3 Å². The number of nitrogens with zero attached hydrogens (tertiary/aromatic N) is 2. The SMILES string of the molecule is Cc1sc2ncnc(NCC3CCC3)c2c1C. The summed E-state index contributed by atoms with van der Waals surface area (Å²) in [5.41, 5.74) is 1.32. The normalized spacial score (nSPS) is 16.1. The topological polar surface area (TPSA) is 37.8 Å². The lowest BCUT2D eigenvalue weighted by Crippen LogP contribution is -2.21.